The molecule has 0 bridgehead atoms. The van der Waals surface area contributed by atoms with E-state index in [1.54, 1.807) is 0 Å². The van der Waals surface area contributed by atoms with E-state index in [9.17, 15) is 9.59 Å². The number of aldehydes is 1. The molecule has 1 saturated heterocycles. The lowest BCUT2D eigenvalue weighted by atomic mass is 9.95. The summed E-state index contributed by atoms with van der Waals surface area (Å²) in [6.07, 6.45) is 8.79. The van der Waals surface area contributed by atoms with E-state index in [0.29, 0.717) is 12.3 Å². The number of nitrogens with one attached hydrogen (secondary N) is 1. The number of carbonyl (C=O) groups is 2. The van der Waals surface area contributed by atoms with E-state index < -0.39 is 0 Å². The Morgan fingerprint density at radius 3 is 2.57 bits per heavy atom. The topological polar surface area (TPSA) is 58.6 Å². The molecule has 0 amide bonds. The molecule has 0 radical (unpaired) electrons. The van der Waals surface area contributed by atoms with Gasteiger partial charge in [-0.2, -0.15) is 0 Å². The molecule has 156 valence electrons. The third kappa shape index (κ3) is 8.53. The van der Waals surface area contributed by atoms with E-state index in [0.717, 1.165) is 64.6 Å². The molecule has 1 unspecified atom stereocenters. The van der Waals surface area contributed by atoms with Gasteiger partial charge in [0.05, 0.1) is 7.11 Å². The summed E-state index contributed by atoms with van der Waals surface area (Å²) in [6.45, 7) is 4.13. The fourth-order valence-corrected chi connectivity index (χ4v) is 3.87. The predicted molar refractivity (Wildman–Crippen MR) is 112 cm³/mol. The second-order valence-corrected chi connectivity index (χ2v) is 7.85. The first kappa shape index (κ1) is 22.6. The highest BCUT2D eigenvalue weighted by Crippen LogP contribution is 2.19. The van der Waals surface area contributed by atoms with Gasteiger partial charge in [-0.05, 0) is 56.8 Å². The molecule has 0 spiro atoms. The number of benzene rings is 1. The zero-order chi connectivity index (χ0) is 20.0. The van der Waals surface area contributed by atoms with Gasteiger partial charge in [-0.1, -0.05) is 49.6 Å². The van der Waals surface area contributed by atoms with Crippen LogP contribution in [-0.2, 0) is 20.9 Å². The van der Waals surface area contributed by atoms with Crippen LogP contribution in [0.1, 0.15) is 56.9 Å². The highest BCUT2D eigenvalue weighted by atomic mass is 16.5. The molecule has 0 aliphatic carbocycles. The third-order valence-corrected chi connectivity index (χ3v) is 5.66. The van der Waals surface area contributed by atoms with E-state index in [-0.39, 0.29) is 12.0 Å². The molecular weight excluding hydrogens is 352 g/mol. The third-order valence-electron chi connectivity index (χ3n) is 5.66. The maximum absolute atomic E-state index is 12.1. The minimum absolute atomic E-state index is 0.158. The highest BCUT2D eigenvalue weighted by molar-refractivity contribution is 5.75. The number of unbranched alkanes of at least 4 members (excludes halogenated alkanes) is 4. The van der Waals surface area contributed by atoms with Gasteiger partial charge < -0.3 is 14.8 Å². The van der Waals surface area contributed by atoms with Gasteiger partial charge in [0.1, 0.15) is 12.3 Å². The van der Waals surface area contributed by atoms with Crippen molar-refractivity contribution >= 4 is 12.3 Å². The van der Waals surface area contributed by atoms with Gasteiger partial charge in [-0.15, -0.1) is 0 Å². The van der Waals surface area contributed by atoms with Crippen LogP contribution in [0.15, 0.2) is 30.3 Å². The van der Waals surface area contributed by atoms with Crippen LogP contribution in [0.25, 0.3) is 0 Å². The van der Waals surface area contributed by atoms with Crippen molar-refractivity contribution in [1.82, 2.24) is 10.2 Å². The van der Waals surface area contributed by atoms with Crippen LogP contribution in [0.4, 0.5) is 0 Å². The van der Waals surface area contributed by atoms with Crippen molar-refractivity contribution < 1.29 is 14.3 Å². The molecular formula is C23H36N2O3. The fourth-order valence-electron chi connectivity index (χ4n) is 3.87. The van der Waals surface area contributed by atoms with Crippen molar-refractivity contribution in [2.45, 2.75) is 64.0 Å². The Bertz CT molecular complexity index is 556. The van der Waals surface area contributed by atoms with Crippen LogP contribution in [0.5, 0.6) is 0 Å². The second-order valence-electron chi connectivity index (χ2n) is 7.85. The average molecular weight is 389 g/mol. The largest absolute Gasteiger partial charge is 0.468 e. The van der Waals surface area contributed by atoms with Crippen LogP contribution >= 0.6 is 0 Å². The second kappa shape index (κ2) is 13.5. The molecule has 0 saturated carbocycles. The number of hydrogen-bond donors (Lipinski definition) is 1. The van der Waals surface area contributed by atoms with E-state index in [4.69, 9.17) is 4.74 Å². The monoisotopic (exact) mass is 388 g/mol. The summed E-state index contributed by atoms with van der Waals surface area (Å²) in [5.74, 6) is 0.459. The molecule has 1 aromatic carbocycles. The van der Waals surface area contributed by atoms with Crippen LogP contribution in [0.3, 0.4) is 0 Å². The first-order valence-electron chi connectivity index (χ1n) is 10.7. The quantitative estimate of drug-likeness (QED) is 0.318. The van der Waals surface area contributed by atoms with Crippen LogP contribution < -0.4 is 5.32 Å². The van der Waals surface area contributed by atoms with Gasteiger partial charge in [-0.25, -0.2) is 0 Å². The lowest BCUT2D eigenvalue weighted by molar-refractivity contribution is -0.143. The SMILES string of the molecule is COC(=O)C(CCCCCCC=O)NCC1CCN(Cc2ccccc2)CC1. The minimum atomic E-state index is -0.210. The molecule has 1 N–H and O–H groups in total. The lowest BCUT2D eigenvalue weighted by Gasteiger charge is -2.32. The van der Waals surface area contributed by atoms with E-state index in [1.807, 2.05) is 0 Å². The first-order valence-corrected chi connectivity index (χ1v) is 10.7. The standard InChI is InChI=1S/C23H36N2O3/c1-28-23(27)22(12-8-3-2-4-9-17-26)24-18-20-13-15-25(16-14-20)19-21-10-6-5-7-11-21/h5-7,10-11,17,20,22,24H,2-4,8-9,12-16,18-19H2,1H3. The Kier molecular flexibility index (Phi) is 10.8. The number of piperidine rings is 1. The maximum Gasteiger partial charge on any atom is 0.322 e. The lowest BCUT2D eigenvalue weighted by Crippen LogP contribution is -2.43. The summed E-state index contributed by atoms with van der Waals surface area (Å²) in [7, 11) is 1.46. The normalized spacial score (nSPS) is 16.6. The van der Waals surface area contributed by atoms with Gasteiger partial charge in [0.2, 0.25) is 0 Å². The van der Waals surface area contributed by atoms with E-state index in [2.05, 4.69) is 40.5 Å². The Labute approximate surface area is 169 Å². The van der Waals surface area contributed by atoms with Crippen molar-refractivity contribution in [1.29, 1.82) is 0 Å². The van der Waals surface area contributed by atoms with Crippen molar-refractivity contribution in [2.75, 3.05) is 26.7 Å². The number of methoxy groups -OCH3 is 1. The molecule has 1 aliphatic heterocycles. The molecule has 5 heteroatoms. The molecule has 5 nitrogen and oxygen atoms in total. The zero-order valence-corrected chi connectivity index (χ0v) is 17.3. The number of hydrogen-bond acceptors (Lipinski definition) is 5. The maximum atomic E-state index is 12.1. The zero-order valence-electron chi connectivity index (χ0n) is 17.3. The first-order chi connectivity index (χ1) is 13.7. The Balaban J connectivity index is 1.65. The highest BCUT2D eigenvalue weighted by Gasteiger charge is 2.23. The number of esters is 1. The molecule has 1 atom stereocenters. The van der Waals surface area contributed by atoms with Crippen molar-refractivity contribution in [2.24, 2.45) is 5.92 Å². The summed E-state index contributed by atoms with van der Waals surface area (Å²) in [5, 5.41) is 3.46. The number of rotatable bonds is 13. The van der Waals surface area contributed by atoms with Crippen LogP contribution in [0.2, 0.25) is 0 Å². The Morgan fingerprint density at radius 1 is 1.18 bits per heavy atom. The summed E-state index contributed by atoms with van der Waals surface area (Å²) in [5.41, 5.74) is 1.37. The van der Waals surface area contributed by atoms with Gasteiger partial charge in [-0.3, -0.25) is 9.69 Å². The summed E-state index contributed by atoms with van der Waals surface area (Å²) >= 11 is 0. The fraction of sp³-hybridized carbons (Fsp3) is 0.652. The van der Waals surface area contributed by atoms with Crippen molar-refractivity contribution in [3.05, 3.63) is 35.9 Å². The molecule has 1 fully saturated rings. The van der Waals surface area contributed by atoms with Gasteiger partial charge >= 0.3 is 5.97 Å². The Morgan fingerprint density at radius 2 is 1.89 bits per heavy atom. The molecule has 28 heavy (non-hydrogen) atoms. The van der Waals surface area contributed by atoms with Gasteiger partial charge in [0.15, 0.2) is 0 Å². The smallest absolute Gasteiger partial charge is 0.322 e. The number of likely N-dealkylation sites (tertiary alicyclic amines) is 1. The van der Waals surface area contributed by atoms with Crippen LogP contribution in [-0.4, -0.2) is 49.9 Å². The molecule has 1 aromatic rings. The van der Waals surface area contributed by atoms with Crippen molar-refractivity contribution in [3.63, 3.8) is 0 Å². The number of nitrogens with zero attached hydrogens (tertiary/aromatic N) is 1. The number of carbonyl (C=O) groups excluding carboxylic acids is 2. The van der Waals surface area contributed by atoms with Crippen molar-refractivity contribution in [3.8, 4) is 0 Å². The predicted octanol–water partition coefficient (Wildman–Crippen LogP) is 3.57. The van der Waals surface area contributed by atoms with Gasteiger partial charge in [0.25, 0.3) is 0 Å². The Hall–Kier alpha value is -1.72. The molecule has 2 rings (SSSR count). The summed E-state index contributed by atoms with van der Waals surface area (Å²) in [4.78, 5) is 24.9. The molecule has 0 aromatic heterocycles. The van der Waals surface area contributed by atoms with E-state index >= 15 is 0 Å². The minimum Gasteiger partial charge on any atom is -0.468 e. The number of ether oxygens (including phenoxy) is 1. The van der Waals surface area contributed by atoms with E-state index in [1.165, 1.54) is 25.5 Å². The summed E-state index contributed by atoms with van der Waals surface area (Å²) in [6, 6.07) is 10.4. The summed E-state index contributed by atoms with van der Waals surface area (Å²) < 4.78 is 4.98. The molecule has 1 aliphatic rings. The van der Waals surface area contributed by atoms with Crippen LogP contribution in [0, 0.1) is 5.92 Å². The molecule has 1 heterocycles. The van der Waals surface area contributed by atoms with Gasteiger partial charge in [0, 0.05) is 13.0 Å². The average Bonchev–Trinajstić information content (AvgIpc) is 2.74.